The molecule has 31 heavy (non-hydrogen) atoms. The highest BCUT2D eigenvalue weighted by Gasteiger charge is 2.17. The molecule has 3 aromatic carbocycles. The molecule has 0 unspecified atom stereocenters. The van der Waals surface area contributed by atoms with Crippen LogP contribution in [0, 0.1) is 6.92 Å². The van der Waals surface area contributed by atoms with E-state index in [1.807, 2.05) is 13.0 Å². The van der Waals surface area contributed by atoms with E-state index in [4.69, 9.17) is 5.14 Å². The summed E-state index contributed by atoms with van der Waals surface area (Å²) in [6.07, 6.45) is 0. The first-order chi connectivity index (χ1) is 14.5. The molecule has 0 aromatic heterocycles. The lowest BCUT2D eigenvalue weighted by Crippen LogP contribution is -2.16. The van der Waals surface area contributed by atoms with E-state index in [0.29, 0.717) is 16.9 Å². The number of amides is 1. The highest BCUT2D eigenvalue weighted by Crippen LogP contribution is 2.19. The maximum atomic E-state index is 12.7. The molecule has 8 nitrogen and oxygen atoms in total. The average Bonchev–Trinajstić information content (AvgIpc) is 2.67. The number of anilines is 2. The number of nitrogens with one attached hydrogen (secondary N) is 2. The van der Waals surface area contributed by atoms with Crippen molar-refractivity contribution in [3.8, 4) is 0 Å². The second-order valence-electron chi connectivity index (χ2n) is 6.96. The summed E-state index contributed by atoms with van der Waals surface area (Å²) < 4.78 is 50.4. The van der Waals surface area contributed by atoms with Gasteiger partial charge in [-0.15, -0.1) is 0 Å². The quantitative estimate of drug-likeness (QED) is 0.499. The molecule has 0 atom stereocenters. The minimum absolute atomic E-state index is 0.0652. The predicted octanol–water partition coefficient (Wildman–Crippen LogP) is 2.84. The van der Waals surface area contributed by atoms with Crippen molar-refractivity contribution >= 4 is 37.3 Å². The van der Waals surface area contributed by atoms with Gasteiger partial charge in [0.05, 0.1) is 10.6 Å². The van der Waals surface area contributed by atoms with Gasteiger partial charge in [-0.05, 0) is 60.5 Å². The molecule has 10 heteroatoms. The Hall–Kier alpha value is -3.21. The van der Waals surface area contributed by atoms with Crippen LogP contribution >= 0.6 is 0 Å². The van der Waals surface area contributed by atoms with Crippen LogP contribution in [0.4, 0.5) is 11.4 Å². The Morgan fingerprint density at radius 3 is 2.26 bits per heavy atom. The number of rotatable bonds is 7. The number of benzene rings is 3. The first kappa shape index (κ1) is 22.5. The fourth-order valence-corrected chi connectivity index (χ4v) is 4.64. The lowest BCUT2D eigenvalue weighted by atomic mass is 10.2. The lowest BCUT2D eigenvalue weighted by molar-refractivity contribution is 0.102. The maximum absolute atomic E-state index is 12.7. The molecule has 0 radical (unpaired) electrons. The summed E-state index contributed by atoms with van der Waals surface area (Å²) in [5.74, 6) is -0.907. The Labute approximate surface area is 181 Å². The molecular weight excluding hydrogens is 438 g/mol. The van der Waals surface area contributed by atoms with Crippen LogP contribution in [0.25, 0.3) is 0 Å². The number of carbonyl (C=O) groups excluding carboxylic acids is 1. The average molecular weight is 460 g/mol. The normalized spacial score (nSPS) is 11.7. The van der Waals surface area contributed by atoms with Crippen LogP contribution in [-0.2, 0) is 25.8 Å². The maximum Gasteiger partial charge on any atom is 0.261 e. The van der Waals surface area contributed by atoms with Crippen LogP contribution < -0.4 is 15.2 Å². The van der Waals surface area contributed by atoms with Crippen LogP contribution in [0.1, 0.15) is 21.5 Å². The molecule has 0 aliphatic carbocycles. The Kier molecular flexibility index (Phi) is 6.44. The van der Waals surface area contributed by atoms with Crippen LogP contribution in [0.5, 0.6) is 0 Å². The zero-order valence-corrected chi connectivity index (χ0v) is 18.2. The van der Waals surface area contributed by atoms with Gasteiger partial charge in [0.25, 0.3) is 15.9 Å². The second-order valence-corrected chi connectivity index (χ2v) is 10.3. The fraction of sp³-hybridized carbons (Fsp3) is 0.0952. The Balaban J connectivity index is 1.79. The third-order valence-electron chi connectivity index (χ3n) is 4.23. The largest absolute Gasteiger partial charge is 0.322 e. The van der Waals surface area contributed by atoms with E-state index in [1.54, 1.807) is 36.4 Å². The zero-order chi connectivity index (χ0) is 22.6. The first-order valence-corrected chi connectivity index (χ1v) is 12.3. The van der Waals surface area contributed by atoms with Crippen molar-refractivity contribution in [1.29, 1.82) is 0 Å². The third-order valence-corrected chi connectivity index (χ3v) is 6.34. The van der Waals surface area contributed by atoms with Crippen molar-refractivity contribution in [2.45, 2.75) is 17.6 Å². The fourth-order valence-electron chi connectivity index (χ4n) is 2.90. The highest BCUT2D eigenvalue weighted by molar-refractivity contribution is 7.92. The van der Waals surface area contributed by atoms with E-state index in [9.17, 15) is 21.6 Å². The number of hydrogen-bond acceptors (Lipinski definition) is 5. The molecule has 0 saturated carbocycles. The van der Waals surface area contributed by atoms with E-state index in [-0.39, 0.29) is 16.2 Å². The minimum Gasteiger partial charge on any atom is -0.322 e. The molecular formula is C21H21N3O5S2. The van der Waals surface area contributed by atoms with Gasteiger partial charge in [0.1, 0.15) is 0 Å². The predicted molar refractivity (Wildman–Crippen MR) is 120 cm³/mol. The number of carbonyl (C=O) groups is 1. The van der Waals surface area contributed by atoms with Gasteiger partial charge in [-0.1, -0.05) is 30.3 Å². The molecule has 1 amide bonds. The van der Waals surface area contributed by atoms with Crippen molar-refractivity contribution in [2.24, 2.45) is 5.14 Å². The second kappa shape index (κ2) is 8.88. The van der Waals surface area contributed by atoms with Crippen LogP contribution in [-0.4, -0.2) is 22.7 Å². The van der Waals surface area contributed by atoms with Crippen LogP contribution in [0.15, 0.2) is 77.7 Å². The minimum atomic E-state index is -3.90. The number of aryl methyl sites for hydroxylation is 1. The van der Waals surface area contributed by atoms with E-state index in [1.165, 1.54) is 30.3 Å². The van der Waals surface area contributed by atoms with E-state index in [0.717, 1.165) is 5.56 Å². The van der Waals surface area contributed by atoms with Crippen molar-refractivity contribution in [1.82, 2.24) is 0 Å². The Morgan fingerprint density at radius 2 is 1.55 bits per heavy atom. The highest BCUT2D eigenvalue weighted by atomic mass is 32.2. The molecule has 0 fully saturated rings. The summed E-state index contributed by atoms with van der Waals surface area (Å²) in [6, 6.07) is 18.8. The van der Waals surface area contributed by atoms with Crippen LogP contribution in [0.2, 0.25) is 0 Å². The van der Waals surface area contributed by atoms with Gasteiger partial charge in [-0.2, -0.15) is 0 Å². The molecule has 0 saturated heterocycles. The Morgan fingerprint density at radius 1 is 0.871 bits per heavy atom. The molecule has 0 bridgehead atoms. The molecule has 4 N–H and O–H groups in total. The Bertz CT molecular complexity index is 1340. The summed E-state index contributed by atoms with van der Waals surface area (Å²) in [6.45, 7) is 1.85. The van der Waals surface area contributed by atoms with Crippen molar-refractivity contribution in [3.05, 3.63) is 89.5 Å². The topological polar surface area (TPSA) is 135 Å². The van der Waals surface area contributed by atoms with Gasteiger partial charge in [-0.25, -0.2) is 22.0 Å². The van der Waals surface area contributed by atoms with Crippen molar-refractivity contribution in [3.63, 3.8) is 0 Å². The first-order valence-electron chi connectivity index (χ1n) is 9.12. The van der Waals surface area contributed by atoms with Gasteiger partial charge in [-0.3, -0.25) is 9.52 Å². The SMILES string of the molecule is Cc1cccc(NS(=O)(=O)c2cccc(C(=O)Nc3cccc(CS(N)(=O)=O)c3)c2)c1. The van der Waals surface area contributed by atoms with Gasteiger partial charge in [0, 0.05) is 16.9 Å². The molecule has 0 heterocycles. The number of sulfonamides is 2. The molecule has 162 valence electrons. The summed E-state index contributed by atoms with van der Waals surface area (Å²) in [5, 5.41) is 7.68. The van der Waals surface area contributed by atoms with Gasteiger partial charge in [0.2, 0.25) is 10.0 Å². The van der Waals surface area contributed by atoms with Crippen LogP contribution in [0.3, 0.4) is 0 Å². The molecule has 0 aliphatic rings. The zero-order valence-electron chi connectivity index (χ0n) is 16.6. The summed E-state index contributed by atoms with van der Waals surface area (Å²) in [5.41, 5.74) is 2.22. The van der Waals surface area contributed by atoms with E-state index >= 15 is 0 Å². The molecule has 3 rings (SSSR count). The van der Waals surface area contributed by atoms with Gasteiger partial charge >= 0.3 is 0 Å². The summed E-state index contributed by atoms with van der Waals surface area (Å²) >= 11 is 0. The van der Waals surface area contributed by atoms with E-state index < -0.39 is 26.0 Å². The number of primary sulfonamides is 1. The summed E-state index contributed by atoms with van der Waals surface area (Å²) in [7, 11) is -7.61. The number of hydrogen-bond donors (Lipinski definition) is 3. The van der Waals surface area contributed by atoms with Crippen molar-refractivity contribution < 1.29 is 21.6 Å². The molecule has 0 spiro atoms. The standard InChI is InChI=1S/C21H21N3O5S2/c1-15-5-2-9-19(11-15)24-31(28,29)20-10-4-7-17(13-20)21(25)23-18-8-3-6-16(12-18)14-30(22,26)27/h2-13,24H,14H2,1H3,(H,23,25)(H2,22,26,27). The molecule has 0 aliphatic heterocycles. The van der Waals surface area contributed by atoms with Gasteiger partial charge < -0.3 is 5.32 Å². The summed E-state index contributed by atoms with van der Waals surface area (Å²) in [4.78, 5) is 12.6. The smallest absolute Gasteiger partial charge is 0.261 e. The van der Waals surface area contributed by atoms with Gasteiger partial charge in [0.15, 0.2) is 0 Å². The number of nitrogens with two attached hydrogens (primary N) is 1. The van der Waals surface area contributed by atoms with E-state index in [2.05, 4.69) is 10.0 Å². The lowest BCUT2D eigenvalue weighted by Gasteiger charge is -2.11. The third kappa shape index (κ3) is 6.38. The monoisotopic (exact) mass is 459 g/mol. The van der Waals surface area contributed by atoms with Crippen molar-refractivity contribution in [2.75, 3.05) is 10.0 Å². The molecule has 3 aromatic rings.